The van der Waals surface area contributed by atoms with Gasteiger partial charge in [-0.25, -0.2) is 14.5 Å². The number of fused-ring (bicyclic) bond motifs is 3. The number of hydrogen-bond acceptors (Lipinski definition) is 5. The maximum absolute atomic E-state index is 13.5. The summed E-state index contributed by atoms with van der Waals surface area (Å²) < 4.78 is 7.54. The lowest BCUT2D eigenvalue weighted by Crippen LogP contribution is -2.49. The Morgan fingerprint density at radius 3 is 2.71 bits per heavy atom. The van der Waals surface area contributed by atoms with Crippen LogP contribution < -0.4 is 0 Å². The molecule has 8 heteroatoms. The van der Waals surface area contributed by atoms with Gasteiger partial charge in [0.15, 0.2) is 5.82 Å². The molecule has 1 fully saturated rings. The number of carbonyl (C=O) groups is 2. The number of aryl methyl sites for hydroxylation is 1. The molecular weight excluding hydrogens is 430 g/mol. The molecule has 1 saturated heterocycles. The van der Waals surface area contributed by atoms with Crippen LogP contribution in [0.25, 0.3) is 11.4 Å². The van der Waals surface area contributed by atoms with Crippen LogP contribution in [0.1, 0.15) is 46.3 Å². The molecule has 4 heterocycles. The molecule has 0 radical (unpaired) electrons. The van der Waals surface area contributed by atoms with Gasteiger partial charge in [-0.05, 0) is 41.7 Å². The minimum atomic E-state index is -0.332. The Labute approximate surface area is 198 Å². The van der Waals surface area contributed by atoms with Crippen LogP contribution in [0.4, 0.5) is 4.79 Å². The summed E-state index contributed by atoms with van der Waals surface area (Å²) >= 11 is 0. The van der Waals surface area contributed by atoms with Crippen LogP contribution in [0, 0.1) is 0 Å². The number of carbonyl (C=O) groups excluding carboxylic acids is 2. The Balaban J connectivity index is 1.26. The van der Waals surface area contributed by atoms with E-state index in [0.717, 1.165) is 35.4 Å². The molecule has 3 aliphatic rings. The van der Waals surface area contributed by atoms with Gasteiger partial charge in [-0.1, -0.05) is 37.3 Å². The highest BCUT2D eigenvalue weighted by atomic mass is 16.6. The van der Waals surface area contributed by atoms with Crippen molar-refractivity contribution in [2.45, 2.75) is 44.4 Å². The first-order valence-corrected chi connectivity index (χ1v) is 11.8. The Bertz CT molecular complexity index is 1280. The van der Waals surface area contributed by atoms with Gasteiger partial charge in [0.05, 0.1) is 12.6 Å². The van der Waals surface area contributed by atoms with Crippen LogP contribution in [0.2, 0.25) is 0 Å². The zero-order valence-electron chi connectivity index (χ0n) is 19.3. The van der Waals surface area contributed by atoms with E-state index in [1.54, 1.807) is 4.68 Å². The lowest BCUT2D eigenvalue weighted by molar-refractivity contribution is 0.0561. The number of rotatable bonds is 4. The zero-order chi connectivity index (χ0) is 23.4. The van der Waals surface area contributed by atoms with E-state index in [1.165, 1.54) is 17.5 Å². The molecule has 8 nitrogen and oxygen atoms in total. The molecular formula is C26H27N5O3. The third-order valence-electron chi connectivity index (χ3n) is 7.52. The molecule has 2 unspecified atom stereocenters. The third-order valence-corrected chi connectivity index (χ3v) is 7.52. The molecule has 3 aromatic rings. The molecule has 174 valence electrons. The second kappa shape index (κ2) is 7.97. The van der Waals surface area contributed by atoms with Gasteiger partial charge in [-0.3, -0.25) is 9.69 Å². The topological polar surface area (TPSA) is 80.6 Å². The van der Waals surface area contributed by atoms with Gasteiger partial charge in [0.2, 0.25) is 0 Å². The predicted octanol–water partition coefficient (Wildman–Crippen LogP) is 3.38. The smallest absolute Gasteiger partial charge is 0.410 e. The number of nitrogens with zero attached hydrogens (tertiary/aromatic N) is 5. The minimum absolute atomic E-state index is 0.00470. The summed E-state index contributed by atoms with van der Waals surface area (Å²) in [7, 11) is 1.86. The van der Waals surface area contributed by atoms with Crippen molar-refractivity contribution in [3.05, 3.63) is 71.0 Å². The summed E-state index contributed by atoms with van der Waals surface area (Å²) in [6, 6.07) is 14.1. The molecule has 1 aromatic heterocycles. The molecule has 0 saturated carbocycles. The Morgan fingerprint density at radius 2 is 1.94 bits per heavy atom. The van der Waals surface area contributed by atoms with Crippen molar-refractivity contribution < 1.29 is 14.3 Å². The summed E-state index contributed by atoms with van der Waals surface area (Å²) in [5.41, 5.74) is 5.16. The maximum Gasteiger partial charge on any atom is 0.410 e. The van der Waals surface area contributed by atoms with E-state index in [0.29, 0.717) is 19.6 Å². The minimum Gasteiger partial charge on any atom is -0.442 e. The average molecular weight is 458 g/mol. The highest BCUT2D eigenvalue weighted by Gasteiger charge is 2.46. The van der Waals surface area contributed by atoms with Crippen molar-refractivity contribution in [3.63, 3.8) is 0 Å². The van der Waals surface area contributed by atoms with Crippen molar-refractivity contribution in [1.82, 2.24) is 24.6 Å². The number of ether oxygens (including phenoxy) is 1. The number of aromatic nitrogens is 3. The highest BCUT2D eigenvalue weighted by molar-refractivity contribution is 5.97. The molecule has 34 heavy (non-hydrogen) atoms. The van der Waals surface area contributed by atoms with E-state index in [9.17, 15) is 9.59 Å². The van der Waals surface area contributed by atoms with Crippen LogP contribution in [0.5, 0.6) is 0 Å². The molecule has 0 N–H and O–H groups in total. The van der Waals surface area contributed by atoms with Gasteiger partial charge < -0.3 is 9.64 Å². The number of amides is 2. The first-order chi connectivity index (χ1) is 16.5. The van der Waals surface area contributed by atoms with Crippen molar-refractivity contribution in [2.24, 2.45) is 7.05 Å². The molecule has 3 atom stereocenters. The molecule has 2 aromatic carbocycles. The van der Waals surface area contributed by atoms with Gasteiger partial charge in [0.1, 0.15) is 12.4 Å². The molecule has 0 aliphatic carbocycles. The van der Waals surface area contributed by atoms with Crippen molar-refractivity contribution >= 4 is 12.0 Å². The predicted molar refractivity (Wildman–Crippen MR) is 125 cm³/mol. The summed E-state index contributed by atoms with van der Waals surface area (Å²) in [5, 5.41) is 4.17. The zero-order valence-corrected chi connectivity index (χ0v) is 19.3. The average Bonchev–Trinajstić information content (AvgIpc) is 3.41. The Kier molecular flexibility index (Phi) is 4.90. The number of cyclic esters (lactones) is 1. The van der Waals surface area contributed by atoms with E-state index >= 15 is 0 Å². The molecule has 2 amide bonds. The van der Waals surface area contributed by atoms with Crippen molar-refractivity contribution in [1.29, 1.82) is 0 Å². The SMILES string of the molecule is CCC1CN(CC2OC(=O)N3Cc4ccccc4C[C@@H]23)C(=O)c2ccc(-c3ncnn3C)cc21. The van der Waals surface area contributed by atoms with E-state index < -0.39 is 0 Å². The monoisotopic (exact) mass is 457 g/mol. The number of hydrogen-bond donors (Lipinski definition) is 0. The largest absolute Gasteiger partial charge is 0.442 e. The Hall–Kier alpha value is -3.68. The molecule has 3 aliphatic heterocycles. The lowest BCUT2D eigenvalue weighted by Gasteiger charge is -2.37. The first kappa shape index (κ1) is 20.9. The van der Waals surface area contributed by atoms with Gasteiger partial charge in [0, 0.05) is 37.2 Å². The fourth-order valence-electron chi connectivity index (χ4n) is 5.65. The van der Waals surface area contributed by atoms with Gasteiger partial charge >= 0.3 is 6.09 Å². The van der Waals surface area contributed by atoms with E-state index in [4.69, 9.17) is 4.74 Å². The third kappa shape index (κ3) is 3.28. The standard InChI is InChI=1S/C26H27N5O3/c1-3-16-12-30(25(32)20-9-8-18(10-21(16)20)24-27-15-28-29(24)2)14-23-22-11-17-6-4-5-7-19(17)13-31(22)26(33)34-23/h4-10,15-16,22-23H,3,11-14H2,1-2H3/t16?,22-,23?/m0/s1. The van der Waals surface area contributed by atoms with E-state index in [-0.39, 0.29) is 30.1 Å². The second-order valence-electron chi connectivity index (χ2n) is 9.41. The fraction of sp³-hybridized carbons (Fsp3) is 0.385. The van der Waals surface area contributed by atoms with Crippen LogP contribution in [-0.2, 0) is 24.8 Å². The van der Waals surface area contributed by atoms with Crippen LogP contribution >= 0.6 is 0 Å². The van der Waals surface area contributed by atoms with Crippen LogP contribution in [0.3, 0.4) is 0 Å². The Morgan fingerprint density at radius 1 is 1.12 bits per heavy atom. The van der Waals surface area contributed by atoms with Gasteiger partial charge in [0.25, 0.3) is 5.91 Å². The normalized spacial score (nSPS) is 23.4. The first-order valence-electron chi connectivity index (χ1n) is 11.8. The summed E-state index contributed by atoms with van der Waals surface area (Å²) in [5.74, 6) is 0.985. The maximum atomic E-state index is 13.5. The molecule has 0 spiro atoms. The van der Waals surface area contributed by atoms with Crippen LogP contribution in [0.15, 0.2) is 48.8 Å². The van der Waals surface area contributed by atoms with Gasteiger partial charge in [-0.15, -0.1) is 0 Å². The van der Waals surface area contributed by atoms with E-state index in [1.807, 2.05) is 41.1 Å². The van der Waals surface area contributed by atoms with Crippen LogP contribution in [-0.4, -0.2) is 61.8 Å². The summed E-state index contributed by atoms with van der Waals surface area (Å²) in [4.78, 5) is 34.2. The highest BCUT2D eigenvalue weighted by Crippen LogP contribution is 2.36. The molecule has 6 rings (SSSR count). The second-order valence-corrected chi connectivity index (χ2v) is 9.41. The summed E-state index contributed by atoms with van der Waals surface area (Å²) in [6.07, 6.45) is 2.58. The van der Waals surface area contributed by atoms with Crippen molar-refractivity contribution in [2.75, 3.05) is 13.1 Å². The lowest BCUT2D eigenvalue weighted by atomic mass is 9.85. The number of benzene rings is 2. The van der Waals surface area contributed by atoms with Gasteiger partial charge in [-0.2, -0.15) is 5.10 Å². The fourth-order valence-corrected chi connectivity index (χ4v) is 5.65. The van der Waals surface area contributed by atoms with Crippen molar-refractivity contribution in [3.8, 4) is 11.4 Å². The quantitative estimate of drug-likeness (QED) is 0.600. The summed E-state index contributed by atoms with van der Waals surface area (Å²) in [6.45, 7) is 3.74. The molecule has 0 bridgehead atoms. The van der Waals surface area contributed by atoms with E-state index in [2.05, 4.69) is 35.2 Å².